The van der Waals surface area contributed by atoms with E-state index >= 15 is 0 Å². The number of nitrogen functional groups attached to an aromatic ring is 1. The van der Waals surface area contributed by atoms with E-state index in [9.17, 15) is 5.11 Å². The number of aliphatic hydroxyl groups is 1. The molecule has 106 valence electrons. The Bertz CT molecular complexity index is 563. The van der Waals surface area contributed by atoms with Crippen LogP contribution in [0.25, 0.3) is 5.95 Å². The highest BCUT2D eigenvalue weighted by atomic mass is 16.3. The normalized spacial score (nSPS) is 22.6. The van der Waals surface area contributed by atoms with Crippen LogP contribution < -0.4 is 11.1 Å². The Morgan fingerprint density at radius 3 is 2.70 bits per heavy atom. The Morgan fingerprint density at radius 1 is 1.20 bits per heavy atom. The number of aromatic nitrogens is 5. The molecule has 20 heavy (non-hydrogen) atoms. The molecule has 3 rings (SSSR count). The number of nitrogens with zero attached hydrogens (tertiary/aromatic N) is 5. The van der Waals surface area contributed by atoms with Crippen LogP contribution >= 0.6 is 0 Å². The van der Waals surface area contributed by atoms with Crippen LogP contribution in [0.15, 0.2) is 18.7 Å². The molecule has 0 aromatic carbocycles. The average molecular weight is 275 g/mol. The van der Waals surface area contributed by atoms with Gasteiger partial charge in [0.2, 0.25) is 17.8 Å². The molecular formula is C12H17N7O. The van der Waals surface area contributed by atoms with Gasteiger partial charge in [-0.3, -0.25) is 4.57 Å². The number of hydrogen-bond donors (Lipinski definition) is 3. The molecule has 1 aliphatic carbocycles. The molecule has 4 N–H and O–H groups in total. The molecule has 0 radical (unpaired) electrons. The van der Waals surface area contributed by atoms with Gasteiger partial charge in [-0.05, 0) is 25.7 Å². The minimum atomic E-state index is -0.182. The van der Waals surface area contributed by atoms with Crippen LogP contribution in [0.2, 0.25) is 0 Å². The number of rotatable bonds is 3. The largest absolute Gasteiger partial charge is 0.393 e. The van der Waals surface area contributed by atoms with Crippen molar-refractivity contribution in [3.63, 3.8) is 0 Å². The van der Waals surface area contributed by atoms with E-state index in [0.29, 0.717) is 11.9 Å². The number of nitrogens with one attached hydrogen (secondary N) is 1. The van der Waals surface area contributed by atoms with Crippen molar-refractivity contribution in [1.82, 2.24) is 24.5 Å². The van der Waals surface area contributed by atoms with Crippen LogP contribution in [0, 0.1) is 0 Å². The Balaban J connectivity index is 1.76. The van der Waals surface area contributed by atoms with Gasteiger partial charge in [-0.25, -0.2) is 4.98 Å². The second-order valence-electron chi connectivity index (χ2n) is 4.94. The van der Waals surface area contributed by atoms with Gasteiger partial charge < -0.3 is 16.2 Å². The second-order valence-corrected chi connectivity index (χ2v) is 4.94. The molecule has 0 spiro atoms. The SMILES string of the molecule is Nc1nc(NC2CCC(O)CC2)nc(-n2ccnc2)n1. The van der Waals surface area contributed by atoms with Crippen LogP contribution in [-0.4, -0.2) is 41.8 Å². The number of nitrogens with two attached hydrogens (primary N) is 1. The summed E-state index contributed by atoms with van der Waals surface area (Å²) in [4.78, 5) is 16.5. The highest BCUT2D eigenvalue weighted by molar-refractivity contribution is 5.36. The number of anilines is 2. The van der Waals surface area contributed by atoms with E-state index in [0.717, 1.165) is 25.7 Å². The van der Waals surface area contributed by atoms with Gasteiger partial charge in [0.05, 0.1) is 6.10 Å². The van der Waals surface area contributed by atoms with E-state index in [1.165, 1.54) is 0 Å². The lowest BCUT2D eigenvalue weighted by molar-refractivity contribution is 0.126. The summed E-state index contributed by atoms with van der Waals surface area (Å²) in [5.74, 6) is 1.07. The molecule has 0 saturated heterocycles. The summed E-state index contributed by atoms with van der Waals surface area (Å²) >= 11 is 0. The maximum atomic E-state index is 9.51. The Hall–Kier alpha value is -2.22. The predicted molar refractivity (Wildman–Crippen MR) is 73.2 cm³/mol. The van der Waals surface area contributed by atoms with Crippen LogP contribution in [0.4, 0.5) is 11.9 Å². The van der Waals surface area contributed by atoms with Crippen molar-refractivity contribution < 1.29 is 5.11 Å². The number of hydrogen-bond acceptors (Lipinski definition) is 7. The van der Waals surface area contributed by atoms with Crippen molar-refractivity contribution >= 4 is 11.9 Å². The average Bonchev–Trinajstić information content (AvgIpc) is 2.95. The zero-order valence-electron chi connectivity index (χ0n) is 11.0. The first-order chi connectivity index (χ1) is 9.70. The topological polar surface area (TPSA) is 115 Å². The fourth-order valence-electron chi connectivity index (χ4n) is 2.34. The highest BCUT2D eigenvalue weighted by Gasteiger charge is 2.20. The predicted octanol–water partition coefficient (Wildman–Crippen LogP) is 0.355. The number of imidazole rings is 1. The number of aliphatic hydroxyl groups excluding tert-OH is 1. The maximum Gasteiger partial charge on any atom is 0.241 e. The molecule has 0 unspecified atom stereocenters. The second kappa shape index (κ2) is 5.41. The summed E-state index contributed by atoms with van der Waals surface area (Å²) in [7, 11) is 0. The monoisotopic (exact) mass is 275 g/mol. The molecule has 8 heteroatoms. The van der Waals surface area contributed by atoms with Crippen LogP contribution in [-0.2, 0) is 0 Å². The van der Waals surface area contributed by atoms with Gasteiger partial charge in [0.1, 0.15) is 6.33 Å². The minimum absolute atomic E-state index is 0.169. The summed E-state index contributed by atoms with van der Waals surface area (Å²) in [6.45, 7) is 0. The first kappa shape index (κ1) is 12.8. The molecule has 8 nitrogen and oxygen atoms in total. The standard InChI is InChI=1S/C12H17N7O/c13-10-16-11(15-8-1-3-9(20)4-2-8)18-12(17-10)19-6-5-14-7-19/h5-9,20H,1-4H2,(H3,13,15,16,17,18). The molecule has 0 amide bonds. The molecule has 2 aromatic heterocycles. The van der Waals surface area contributed by atoms with Gasteiger partial charge in [0, 0.05) is 18.4 Å². The molecule has 1 saturated carbocycles. The summed E-state index contributed by atoms with van der Waals surface area (Å²) in [6, 6.07) is 0.260. The zero-order chi connectivity index (χ0) is 13.9. The maximum absolute atomic E-state index is 9.51. The summed E-state index contributed by atoms with van der Waals surface area (Å²) in [5, 5.41) is 12.8. The first-order valence-corrected chi connectivity index (χ1v) is 6.65. The van der Waals surface area contributed by atoms with Gasteiger partial charge >= 0.3 is 0 Å². The minimum Gasteiger partial charge on any atom is -0.393 e. The zero-order valence-corrected chi connectivity index (χ0v) is 11.0. The molecule has 0 bridgehead atoms. The lowest BCUT2D eigenvalue weighted by Gasteiger charge is -2.26. The fourth-order valence-corrected chi connectivity index (χ4v) is 2.34. The molecular weight excluding hydrogens is 258 g/mol. The lowest BCUT2D eigenvalue weighted by Crippen LogP contribution is -2.29. The third-order valence-electron chi connectivity index (χ3n) is 3.41. The Kier molecular flexibility index (Phi) is 3.46. The lowest BCUT2D eigenvalue weighted by atomic mass is 9.93. The van der Waals surface area contributed by atoms with E-state index in [1.54, 1.807) is 23.3 Å². The van der Waals surface area contributed by atoms with Crippen molar-refractivity contribution in [2.75, 3.05) is 11.1 Å². The molecule has 0 atom stereocenters. The van der Waals surface area contributed by atoms with E-state index in [2.05, 4.69) is 25.3 Å². The van der Waals surface area contributed by atoms with Crippen molar-refractivity contribution in [3.8, 4) is 5.95 Å². The summed E-state index contributed by atoms with van der Waals surface area (Å²) < 4.78 is 1.67. The van der Waals surface area contributed by atoms with Crippen molar-refractivity contribution in [2.45, 2.75) is 37.8 Å². The Morgan fingerprint density at radius 2 is 2.00 bits per heavy atom. The first-order valence-electron chi connectivity index (χ1n) is 6.65. The van der Waals surface area contributed by atoms with Gasteiger partial charge in [0.15, 0.2) is 0 Å². The van der Waals surface area contributed by atoms with Gasteiger partial charge in [0.25, 0.3) is 0 Å². The molecule has 1 fully saturated rings. The van der Waals surface area contributed by atoms with Gasteiger partial charge in [-0.15, -0.1) is 0 Å². The van der Waals surface area contributed by atoms with Crippen LogP contribution in [0.3, 0.4) is 0 Å². The summed E-state index contributed by atoms with van der Waals surface area (Å²) in [5.41, 5.74) is 5.72. The summed E-state index contributed by atoms with van der Waals surface area (Å²) in [6.07, 6.45) is 8.21. The van der Waals surface area contributed by atoms with Crippen LogP contribution in [0.1, 0.15) is 25.7 Å². The highest BCUT2D eigenvalue weighted by Crippen LogP contribution is 2.21. The van der Waals surface area contributed by atoms with Gasteiger partial charge in [-0.1, -0.05) is 0 Å². The van der Waals surface area contributed by atoms with Gasteiger partial charge in [-0.2, -0.15) is 15.0 Å². The smallest absolute Gasteiger partial charge is 0.241 e. The van der Waals surface area contributed by atoms with E-state index in [1.807, 2.05) is 0 Å². The quantitative estimate of drug-likeness (QED) is 0.740. The molecule has 2 heterocycles. The van der Waals surface area contributed by atoms with E-state index < -0.39 is 0 Å². The van der Waals surface area contributed by atoms with E-state index in [4.69, 9.17) is 5.73 Å². The third-order valence-corrected chi connectivity index (χ3v) is 3.41. The Labute approximate surface area is 116 Å². The van der Waals surface area contributed by atoms with Crippen molar-refractivity contribution in [1.29, 1.82) is 0 Å². The van der Waals surface area contributed by atoms with Crippen molar-refractivity contribution in [3.05, 3.63) is 18.7 Å². The third kappa shape index (κ3) is 2.85. The van der Waals surface area contributed by atoms with Crippen molar-refractivity contribution in [2.24, 2.45) is 0 Å². The van der Waals surface area contributed by atoms with Crippen LogP contribution in [0.5, 0.6) is 0 Å². The molecule has 2 aromatic rings. The molecule has 0 aliphatic heterocycles. The molecule has 1 aliphatic rings. The van der Waals surface area contributed by atoms with E-state index in [-0.39, 0.29) is 18.1 Å². The fraction of sp³-hybridized carbons (Fsp3) is 0.500.